The average Bonchev–Trinajstić information content (AvgIpc) is 2.59. The summed E-state index contributed by atoms with van der Waals surface area (Å²) in [7, 11) is 0. The Bertz CT molecular complexity index is 736. The molecule has 2 atom stereocenters. The van der Waals surface area contributed by atoms with E-state index in [9.17, 15) is 13.6 Å². The molecule has 1 aliphatic rings. The van der Waals surface area contributed by atoms with Gasteiger partial charge in [0.05, 0.1) is 6.54 Å². The van der Waals surface area contributed by atoms with Gasteiger partial charge in [-0.2, -0.15) is 0 Å². The molecule has 0 bridgehead atoms. The summed E-state index contributed by atoms with van der Waals surface area (Å²) in [5.41, 5.74) is 1.62. The molecule has 0 radical (unpaired) electrons. The third-order valence-corrected chi connectivity index (χ3v) is 4.79. The molecule has 0 aromatic heterocycles. The van der Waals surface area contributed by atoms with Crippen LogP contribution in [0.25, 0.3) is 0 Å². The summed E-state index contributed by atoms with van der Waals surface area (Å²) in [6, 6.07) is 13.8. The van der Waals surface area contributed by atoms with E-state index in [1.54, 1.807) is 0 Å². The molecule has 1 N–H and O–H groups in total. The van der Waals surface area contributed by atoms with Crippen LogP contribution in [0.5, 0.6) is 0 Å². The van der Waals surface area contributed by atoms with Crippen LogP contribution in [0.15, 0.2) is 48.5 Å². The topological polar surface area (TPSA) is 32.3 Å². The summed E-state index contributed by atoms with van der Waals surface area (Å²) in [5.74, 6) is -1.14. The first-order valence-electron chi connectivity index (χ1n) is 8.55. The largest absolute Gasteiger partial charge is 0.325 e. The summed E-state index contributed by atoms with van der Waals surface area (Å²) in [4.78, 5) is 14.3. The van der Waals surface area contributed by atoms with Crippen molar-refractivity contribution in [3.63, 3.8) is 0 Å². The fourth-order valence-corrected chi connectivity index (χ4v) is 3.55. The lowest BCUT2D eigenvalue weighted by atomic mass is 9.81. The summed E-state index contributed by atoms with van der Waals surface area (Å²) in [6.45, 7) is 4.14. The molecule has 132 valence electrons. The van der Waals surface area contributed by atoms with Crippen molar-refractivity contribution in [3.05, 3.63) is 65.7 Å². The van der Waals surface area contributed by atoms with Crippen LogP contribution in [0.3, 0.4) is 0 Å². The number of halogens is 2. The number of carbonyl (C=O) groups is 1. The van der Waals surface area contributed by atoms with E-state index in [2.05, 4.69) is 41.4 Å². The number of anilines is 1. The number of nitrogens with zero attached hydrogens (tertiary/aromatic N) is 1. The van der Waals surface area contributed by atoms with E-state index in [1.807, 2.05) is 6.07 Å². The van der Waals surface area contributed by atoms with Gasteiger partial charge < -0.3 is 5.32 Å². The number of hydrogen-bond acceptors (Lipinski definition) is 2. The minimum atomic E-state index is -0.963. The Labute approximate surface area is 146 Å². The number of hydrogen-bond donors (Lipinski definition) is 1. The SMILES string of the molecule is CC1CN(CC(=O)Nc2ccc(F)c(F)c2)CCC1c1ccccc1. The van der Waals surface area contributed by atoms with Gasteiger partial charge in [-0.25, -0.2) is 8.78 Å². The van der Waals surface area contributed by atoms with E-state index in [0.29, 0.717) is 11.8 Å². The van der Waals surface area contributed by atoms with Crippen LogP contribution in [-0.2, 0) is 4.79 Å². The highest BCUT2D eigenvalue weighted by atomic mass is 19.2. The first kappa shape index (κ1) is 17.5. The van der Waals surface area contributed by atoms with Gasteiger partial charge in [0.15, 0.2) is 11.6 Å². The Balaban J connectivity index is 1.54. The van der Waals surface area contributed by atoms with Gasteiger partial charge in [0.2, 0.25) is 5.91 Å². The van der Waals surface area contributed by atoms with E-state index >= 15 is 0 Å². The van der Waals surface area contributed by atoms with Gasteiger partial charge in [0.25, 0.3) is 0 Å². The molecule has 1 amide bonds. The van der Waals surface area contributed by atoms with E-state index < -0.39 is 11.6 Å². The Morgan fingerprint density at radius 3 is 2.60 bits per heavy atom. The molecule has 0 saturated carbocycles. The van der Waals surface area contributed by atoms with Crippen LogP contribution in [-0.4, -0.2) is 30.4 Å². The van der Waals surface area contributed by atoms with Gasteiger partial charge in [-0.3, -0.25) is 9.69 Å². The highest BCUT2D eigenvalue weighted by molar-refractivity contribution is 5.92. The van der Waals surface area contributed by atoms with Gasteiger partial charge in [0, 0.05) is 18.3 Å². The molecule has 1 fully saturated rings. The number of amides is 1. The molecule has 1 aliphatic heterocycles. The molecule has 0 spiro atoms. The molecular formula is C20H22F2N2O. The molecule has 5 heteroatoms. The fraction of sp³-hybridized carbons (Fsp3) is 0.350. The van der Waals surface area contributed by atoms with Gasteiger partial charge in [-0.05, 0) is 42.5 Å². The predicted octanol–water partition coefficient (Wildman–Crippen LogP) is 4.03. The van der Waals surface area contributed by atoms with E-state index in [4.69, 9.17) is 0 Å². The second kappa shape index (κ2) is 7.74. The Kier molecular flexibility index (Phi) is 5.43. The maximum atomic E-state index is 13.2. The van der Waals surface area contributed by atoms with Crippen molar-refractivity contribution >= 4 is 11.6 Å². The minimum absolute atomic E-state index is 0.212. The van der Waals surface area contributed by atoms with Crippen LogP contribution >= 0.6 is 0 Å². The van der Waals surface area contributed by atoms with E-state index in [0.717, 1.165) is 31.6 Å². The Morgan fingerprint density at radius 1 is 1.16 bits per heavy atom. The summed E-state index contributed by atoms with van der Waals surface area (Å²) in [5, 5.41) is 2.63. The lowest BCUT2D eigenvalue weighted by molar-refractivity contribution is -0.117. The van der Waals surface area contributed by atoms with Crippen molar-refractivity contribution in [2.75, 3.05) is 25.0 Å². The maximum absolute atomic E-state index is 13.2. The maximum Gasteiger partial charge on any atom is 0.238 e. The third-order valence-electron chi connectivity index (χ3n) is 4.79. The van der Waals surface area contributed by atoms with E-state index in [-0.39, 0.29) is 18.1 Å². The van der Waals surface area contributed by atoms with Gasteiger partial charge in [-0.15, -0.1) is 0 Å². The summed E-state index contributed by atoms with van der Waals surface area (Å²) in [6.07, 6.45) is 1.00. The van der Waals surface area contributed by atoms with E-state index in [1.165, 1.54) is 11.6 Å². The molecular weight excluding hydrogens is 322 g/mol. The van der Waals surface area contributed by atoms with Gasteiger partial charge in [-0.1, -0.05) is 37.3 Å². The molecule has 2 aromatic rings. The minimum Gasteiger partial charge on any atom is -0.325 e. The zero-order valence-corrected chi connectivity index (χ0v) is 14.2. The zero-order chi connectivity index (χ0) is 17.8. The van der Waals surface area contributed by atoms with Crippen LogP contribution in [0.1, 0.15) is 24.8 Å². The molecule has 3 rings (SSSR count). The molecule has 0 aliphatic carbocycles. The highest BCUT2D eigenvalue weighted by Gasteiger charge is 2.28. The van der Waals surface area contributed by atoms with Crippen molar-refractivity contribution in [1.29, 1.82) is 0 Å². The number of piperidine rings is 1. The first-order valence-corrected chi connectivity index (χ1v) is 8.55. The van der Waals surface area contributed by atoms with Crippen LogP contribution < -0.4 is 5.32 Å². The molecule has 2 aromatic carbocycles. The zero-order valence-electron chi connectivity index (χ0n) is 14.2. The molecule has 3 nitrogen and oxygen atoms in total. The number of benzene rings is 2. The first-order chi connectivity index (χ1) is 12.0. The average molecular weight is 344 g/mol. The van der Waals surface area contributed by atoms with Crippen LogP contribution in [0.4, 0.5) is 14.5 Å². The number of carbonyl (C=O) groups excluding carboxylic acids is 1. The van der Waals surface area contributed by atoms with Crippen molar-refractivity contribution in [2.24, 2.45) is 5.92 Å². The number of rotatable bonds is 4. The Hall–Kier alpha value is -2.27. The normalized spacial score (nSPS) is 21.1. The molecule has 1 saturated heterocycles. The van der Waals surface area contributed by atoms with Crippen molar-refractivity contribution < 1.29 is 13.6 Å². The second-order valence-electron chi connectivity index (χ2n) is 6.70. The standard InChI is InChI=1S/C20H22F2N2O/c1-14-12-24(10-9-17(14)15-5-3-2-4-6-15)13-20(25)23-16-7-8-18(21)19(22)11-16/h2-8,11,14,17H,9-10,12-13H2,1H3,(H,23,25). The lowest BCUT2D eigenvalue weighted by Crippen LogP contribution is -2.42. The summed E-state index contributed by atoms with van der Waals surface area (Å²) < 4.78 is 26.1. The summed E-state index contributed by atoms with van der Waals surface area (Å²) >= 11 is 0. The monoisotopic (exact) mass is 344 g/mol. The van der Waals surface area contributed by atoms with Gasteiger partial charge in [0.1, 0.15) is 0 Å². The number of likely N-dealkylation sites (tertiary alicyclic amines) is 1. The van der Waals surface area contributed by atoms with Crippen LogP contribution in [0, 0.1) is 17.6 Å². The molecule has 1 heterocycles. The number of nitrogens with one attached hydrogen (secondary N) is 1. The van der Waals surface area contributed by atoms with Crippen molar-refractivity contribution in [1.82, 2.24) is 4.90 Å². The quantitative estimate of drug-likeness (QED) is 0.908. The fourth-order valence-electron chi connectivity index (χ4n) is 3.55. The van der Waals surface area contributed by atoms with Crippen LogP contribution in [0.2, 0.25) is 0 Å². The third kappa shape index (κ3) is 4.42. The molecule has 25 heavy (non-hydrogen) atoms. The van der Waals surface area contributed by atoms with Crippen molar-refractivity contribution in [2.45, 2.75) is 19.3 Å². The van der Waals surface area contributed by atoms with Crippen molar-refractivity contribution in [3.8, 4) is 0 Å². The van der Waals surface area contributed by atoms with Gasteiger partial charge >= 0.3 is 0 Å². The second-order valence-corrected chi connectivity index (χ2v) is 6.70. The highest BCUT2D eigenvalue weighted by Crippen LogP contribution is 2.32. The molecule has 2 unspecified atom stereocenters. The lowest BCUT2D eigenvalue weighted by Gasteiger charge is -2.36. The Morgan fingerprint density at radius 2 is 1.92 bits per heavy atom. The predicted molar refractivity (Wildman–Crippen MR) is 94.4 cm³/mol. The smallest absolute Gasteiger partial charge is 0.238 e.